The third-order valence-electron chi connectivity index (χ3n) is 5.25. The van der Waals surface area contributed by atoms with E-state index in [0.29, 0.717) is 19.4 Å². The fourth-order valence-electron chi connectivity index (χ4n) is 3.96. The SMILES string of the molecule is CON1CCC(C(=O)O)CC1N(C(=O)Cc1c(C)cc(C)cc1C)N(C)C. The zero-order valence-corrected chi connectivity index (χ0v) is 17.2. The van der Waals surface area contributed by atoms with Gasteiger partial charge in [-0.3, -0.25) is 14.6 Å². The highest BCUT2D eigenvalue weighted by Gasteiger charge is 2.39. The largest absolute Gasteiger partial charge is 0.481 e. The fourth-order valence-corrected chi connectivity index (χ4v) is 3.96. The molecule has 1 aliphatic rings. The Morgan fingerprint density at radius 2 is 1.81 bits per heavy atom. The van der Waals surface area contributed by atoms with Crippen molar-refractivity contribution in [1.82, 2.24) is 15.1 Å². The Labute approximate surface area is 161 Å². The second kappa shape index (κ2) is 8.82. The van der Waals surface area contributed by atoms with Crippen LogP contribution < -0.4 is 0 Å². The number of piperidine rings is 1. The van der Waals surface area contributed by atoms with Gasteiger partial charge in [-0.2, -0.15) is 5.06 Å². The van der Waals surface area contributed by atoms with E-state index in [9.17, 15) is 14.7 Å². The number of hydrogen-bond donors (Lipinski definition) is 1. The van der Waals surface area contributed by atoms with E-state index in [1.807, 2.05) is 20.8 Å². The molecule has 2 unspecified atom stereocenters. The van der Waals surface area contributed by atoms with Crippen LogP contribution in [0.1, 0.15) is 35.1 Å². The second-order valence-corrected chi connectivity index (χ2v) is 7.50. The van der Waals surface area contributed by atoms with Gasteiger partial charge in [-0.25, -0.2) is 5.01 Å². The molecule has 2 rings (SSSR count). The smallest absolute Gasteiger partial charge is 0.306 e. The van der Waals surface area contributed by atoms with E-state index in [1.54, 1.807) is 36.3 Å². The minimum atomic E-state index is -0.827. The van der Waals surface area contributed by atoms with Gasteiger partial charge in [0.05, 0.1) is 19.4 Å². The van der Waals surface area contributed by atoms with Crippen molar-refractivity contribution in [3.63, 3.8) is 0 Å². The summed E-state index contributed by atoms with van der Waals surface area (Å²) in [6, 6.07) is 4.16. The van der Waals surface area contributed by atoms with Gasteiger partial charge < -0.3 is 9.94 Å². The van der Waals surface area contributed by atoms with Crippen molar-refractivity contribution in [3.8, 4) is 0 Å². The molecule has 0 aromatic heterocycles. The number of carbonyl (C=O) groups excluding carboxylic acids is 1. The Bertz CT molecular complexity index is 681. The van der Waals surface area contributed by atoms with Gasteiger partial charge in [0.2, 0.25) is 5.91 Å². The van der Waals surface area contributed by atoms with Crippen molar-refractivity contribution >= 4 is 11.9 Å². The maximum Gasteiger partial charge on any atom is 0.306 e. The lowest BCUT2D eigenvalue weighted by atomic mass is 9.94. The van der Waals surface area contributed by atoms with Crippen molar-refractivity contribution < 1.29 is 19.5 Å². The van der Waals surface area contributed by atoms with Crippen molar-refractivity contribution in [2.24, 2.45) is 5.92 Å². The first-order valence-electron chi connectivity index (χ1n) is 9.25. The highest BCUT2D eigenvalue weighted by molar-refractivity contribution is 5.79. The van der Waals surface area contributed by atoms with E-state index < -0.39 is 18.1 Å². The molecular formula is C20H31N3O4. The van der Waals surface area contributed by atoms with Crippen LogP contribution >= 0.6 is 0 Å². The molecule has 1 aliphatic heterocycles. The van der Waals surface area contributed by atoms with E-state index in [-0.39, 0.29) is 12.3 Å². The number of benzene rings is 1. The van der Waals surface area contributed by atoms with Crippen LogP contribution in [-0.2, 0) is 20.8 Å². The van der Waals surface area contributed by atoms with Crippen LogP contribution in [-0.4, -0.2) is 66.0 Å². The average Bonchev–Trinajstić information content (AvgIpc) is 2.57. The van der Waals surface area contributed by atoms with Crippen LogP contribution in [0.2, 0.25) is 0 Å². The molecule has 150 valence electrons. The number of hydroxylamine groups is 2. The molecular weight excluding hydrogens is 346 g/mol. The molecule has 0 radical (unpaired) electrons. The second-order valence-electron chi connectivity index (χ2n) is 7.50. The van der Waals surface area contributed by atoms with Crippen molar-refractivity contribution in [3.05, 3.63) is 34.4 Å². The topological polar surface area (TPSA) is 73.3 Å². The van der Waals surface area contributed by atoms with E-state index in [1.165, 1.54) is 5.56 Å². The first kappa shape index (κ1) is 21.3. The normalized spacial score (nSPS) is 20.7. The summed E-state index contributed by atoms with van der Waals surface area (Å²) in [4.78, 5) is 30.2. The maximum absolute atomic E-state index is 13.2. The lowest BCUT2D eigenvalue weighted by molar-refractivity contribution is -0.245. The van der Waals surface area contributed by atoms with E-state index in [4.69, 9.17) is 4.84 Å². The third-order valence-corrected chi connectivity index (χ3v) is 5.25. The molecule has 1 amide bonds. The Hall–Kier alpha value is -1.96. The lowest BCUT2D eigenvalue weighted by Crippen LogP contribution is -2.59. The minimum Gasteiger partial charge on any atom is -0.481 e. The summed E-state index contributed by atoms with van der Waals surface area (Å²) in [5.41, 5.74) is 4.38. The van der Waals surface area contributed by atoms with Crippen molar-refractivity contribution in [1.29, 1.82) is 0 Å². The Balaban J connectivity index is 2.29. The summed E-state index contributed by atoms with van der Waals surface area (Å²) in [5.74, 6) is -1.39. The van der Waals surface area contributed by atoms with Crippen LogP contribution in [0.3, 0.4) is 0 Å². The number of hydrogen-bond acceptors (Lipinski definition) is 5. The number of hydrazine groups is 1. The molecule has 1 fully saturated rings. The van der Waals surface area contributed by atoms with Crippen LogP contribution in [0.4, 0.5) is 0 Å². The van der Waals surface area contributed by atoms with Gasteiger partial charge in [-0.1, -0.05) is 17.7 Å². The molecule has 2 atom stereocenters. The molecule has 1 heterocycles. The zero-order valence-electron chi connectivity index (χ0n) is 17.2. The van der Waals surface area contributed by atoms with Gasteiger partial charge in [-0.05, 0) is 50.3 Å². The van der Waals surface area contributed by atoms with Gasteiger partial charge in [0.1, 0.15) is 6.17 Å². The van der Waals surface area contributed by atoms with Crippen LogP contribution in [0.5, 0.6) is 0 Å². The zero-order chi connectivity index (χ0) is 20.3. The predicted octanol–water partition coefficient (Wildman–Crippen LogP) is 2.14. The Kier molecular flexibility index (Phi) is 6.97. The first-order chi connectivity index (χ1) is 12.6. The van der Waals surface area contributed by atoms with Gasteiger partial charge in [0.25, 0.3) is 0 Å². The van der Waals surface area contributed by atoms with Crippen molar-refractivity contribution in [2.75, 3.05) is 27.7 Å². The van der Waals surface area contributed by atoms with E-state index >= 15 is 0 Å². The van der Waals surface area contributed by atoms with Crippen LogP contribution in [0, 0.1) is 26.7 Å². The number of carboxylic acids is 1. The predicted molar refractivity (Wildman–Crippen MR) is 103 cm³/mol. The van der Waals surface area contributed by atoms with Gasteiger partial charge >= 0.3 is 5.97 Å². The number of nitrogens with zero attached hydrogens (tertiary/aromatic N) is 3. The summed E-state index contributed by atoms with van der Waals surface area (Å²) in [7, 11) is 5.15. The standard InChI is InChI=1S/C20H31N3O4/c1-13-9-14(2)17(15(3)10-13)12-19(24)23(21(4)5)18-11-16(20(25)26)7-8-22(18)27-6/h9-10,16,18H,7-8,11-12H2,1-6H3,(H,25,26). The number of carboxylic acid groups (broad SMARTS) is 1. The molecule has 7 heteroatoms. The monoisotopic (exact) mass is 377 g/mol. The summed E-state index contributed by atoms with van der Waals surface area (Å²) < 4.78 is 0. The minimum absolute atomic E-state index is 0.0758. The molecule has 0 aliphatic carbocycles. The van der Waals surface area contributed by atoms with Gasteiger partial charge in [0.15, 0.2) is 0 Å². The molecule has 1 aromatic rings. The number of carbonyl (C=O) groups is 2. The van der Waals surface area contributed by atoms with Gasteiger partial charge in [0, 0.05) is 20.6 Å². The molecule has 1 aromatic carbocycles. The van der Waals surface area contributed by atoms with Crippen molar-refractivity contribution in [2.45, 2.75) is 46.2 Å². The maximum atomic E-state index is 13.2. The first-order valence-corrected chi connectivity index (χ1v) is 9.25. The summed E-state index contributed by atoms with van der Waals surface area (Å²) in [5, 5.41) is 14.5. The molecule has 7 nitrogen and oxygen atoms in total. The lowest BCUT2D eigenvalue weighted by Gasteiger charge is -2.45. The number of rotatable bonds is 6. The molecule has 27 heavy (non-hydrogen) atoms. The molecule has 0 spiro atoms. The average molecular weight is 377 g/mol. The number of aryl methyl sites for hydroxylation is 3. The molecule has 1 saturated heterocycles. The summed E-state index contributed by atoms with van der Waals surface area (Å²) in [6.07, 6.45) is 0.657. The summed E-state index contributed by atoms with van der Waals surface area (Å²) in [6.45, 7) is 6.55. The molecule has 0 bridgehead atoms. The van der Waals surface area contributed by atoms with Crippen LogP contribution in [0.15, 0.2) is 12.1 Å². The quantitative estimate of drug-likeness (QED) is 0.766. The molecule has 1 N–H and O–H groups in total. The van der Waals surface area contributed by atoms with Crippen LogP contribution in [0.25, 0.3) is 0 Å². The number of amides is 1. The van der Waals surface area contributed by atoms with Gasteiger partial charge in [-0.15, -0.1) is 0 Å². The fraction of sp³-hybridized carbons (Fsp3) is 0.600. The number of aliphatic carboxylic acids is 1. The van der Waals surface area contributed by atoms with E-state index in [2.05, 4.69) is 12.1 Å². The third kappa shape index (κ3) is 4.86. The van der Waals surface area contributed by atoms with E-state index in [0.717, 1.165) is 16.7 Å². The molecule has 0 saturated carbocycles. The highest BCUT2D eigenvalue weighted by Crippen LogP contribution is 2.27. The Morgan fingerprint density at radius 3 is 2.30 bits per heavy atom. The Morgan fingerprint density at radius 1 is 1.22 bits per heavy atom. The summed E-state index contributed by atoms with van der Waals surface area (Å²) >= 11 is 0. The highest BCUT2D eigenvalue weighted by atomic mass is 16.7.